The summed E-state index contributed by atoms with van der Waals surface area (Å²) in [6, 6.07) is 10.9. The number of halogens is 3. The molecule has 1 aromatic heterocycles. The Labute approximate surface area is 186 Å². The number of aromatic nitrogens is 2. The summed E-state index contributed by atoms with van der Waals surface area (Å²) in [5.41, 5.74) is 4.78. The molecule has 10 heteroatoms. The van der Waals surface area contributed by atoms with E-state index in [4.69, 9.17) is 42.8 Å². The molecule has 3 aromatic rings. The Morgan fingerprint density at radius 1 is 1.13 bits per heavy atom. The van der Waals surface area contributed by atoms with Crippen LogP contribution in [0.2, 0.25) is 10.0 Å². The summed E-state index contributed by atoms with van der Waals surface area (Å²) in [5, 5.41) is 8.44. The Hall–Kier alpha value is -2.84. The highest BCUT2D eigenvalue weighted by molar-refractivity contribution is 6.32. The third-order valence-electron chi connectivity index (χ3n) is 5.93. The molecule has 1 unspecified atom stereocenters. The third kappa shape index (κ3) is 3.30. The van der Waals surface area contributed by atoms with Gasteiger partial charge in [0.25, 0.3) is 5.91 Å². The maximum Gasteiger partial charge on any atom is 0.420 e. The molecule has 1 heterocycles. The molecule has 6 rings (SSSR count). The largest absolute Gasteiger partial charge is 0.480 e. The van der Waals surface area contributed by atoms with Gasteiger partial charge in [-0.25, -0.2) is 4.39 Å². The van der Waals surface area contributed by atoms with Crippen LogP contribution in [-0.4, -0.2) is 22.2 Å². The quantitative estimate of drug-likeness (QED) is 0.546. The van der Waals surface area contributed by atoms with E-state index in [-0.39, 0.29) is 22.3 Å². The van der Waals surface area contributed by atoms with Gasteiger partial charge in [-0.15, -0.1) is 5.10 Å². The van der Waals surface area contributed by atoms with Gasteiger partial charge in [0.1, 0.15) is 11.6 Å². The first kappa shape index (κ1) is 20.1. The molecule has 3 aliphatic rings. The van der Waals surface area contributed by atoms with E-state index in [9.17, 15) is 9.18 Å². The van der Waals surface area contributed by atoms with Crippen LogP contribution >= 0.6 is 23.2 Å². The van der Waals surface area contributed by atoms with Crippen LogP contribution in [0.3, 0.4) is 0 Å². The van der Waals surface area contributed by atoms with Gasteiger partial charge in [-0.3, -0.25) is 4.79 Å². The van der Waals surface area contributed by atoms with Crippen molar-refractivity contribution in [2.75, 3.05) is 0 Å². The van der Waals surface area contributed by atoms with Gasteiger partial charge in [0, 0.05) is 11.5 Å². The number of nitrogens with two attached hydrogens (primary N) is 1. The van der Waals surface area contributed by atoms with Gasteiger partial charge in [-0.1, -0.05) is 40.4 Å². The van der Waals surface area contributed by atoms with E-state index < -0.39 is 23.2 Å². The predicted octanol–water partition coefficient (Wildman–Crippen LogP) is 4.66. The number of nitrogens with zero attached hydrogens (tertiary/aromatic N) is 2. The van der Waals surface area contributed by atoms with Gasteiger partial charge in [-0.05, 0) is 43.5 Å². The Morgan fingerprint density at radius 3 is 2.55 bits per heavy atom. The zero-order valence-corrected chi connectivity index (χ0v) is 17.5. The van der Waals surface area contributed by atoms with Crippen molar-refractivity contribution in [2.45, 2.75) is 30.8 Å². The first-order chi connectivity index (χ1) is 14.8. The Balaban J connectivity index is 1.28. The molecule has 0 radical (unpaired) electrons. The molecule has 160 valence electrons. The van der Waals surface area contributed by atoms with Gasteiger partial charge >= 0.3 is 6.08 Å². The molecule has 1 atom stereocenters. The van der Waals surface area contributed by atoms with Crippen LogP contribution in [0.5, 0.6) is 17.6 Å². The number of hydrogen-bond acceptors (Lipinski definition) is 6. The van der Waals surface area contributed by atoms with Crippen molar-refractivity contribution in [1.82, 2.24) is 10.2 Å². The highest BCUT2D eigenvalue weighted by atomic mass is 35.5. The van der Waals surface area contributed by atoms with Gasteiger partial charge in [0.2, 0.25) is 5.89 Å². The minimum absolute atomic E-state index is 0.0128. The third-order valence-corrected chi connectivity index (χ3v) is 6.54. The molecule has 2 aromatic carbocycles. The average molecular weight is 464 g/mol. The van der Waals surface area contributed by atoms with E-state index in [0.717, 1.165) is 6.07 Å². The molecule has 2 bridgehead atoms. The van der Waals surface area contributed by atoms with E-state index in [1.165, 1.54) is 12.1 Å². The zero-order valence-electron chi connectivity index (χ0n) is 16.0. The number of para-hydroxylation sites is 1. The normalized spacial score (nSPS) is 24.6. The number of amides is 1. The van der Waals surface area contributed by atoms with Gasteiger partial charge < -0.3 is 19.6 Å². The van der Waals surface area contributed by atoms with Crippen LogP contribution in [0.4, 0.5) is 4.39 Å². The molecule has 0 aliphatic heterocycles. The number of hydrogen-bond donors (Lipinski definition) is 1. The summed E-state index contributed by atoms with van der Waals surface area (Å²) in [4.78, 5) is 12.1. The molecule has 1 amide bonds. The summed E-state index contributed by atoms with van der Waals surface area (Å²) < 4.78 is 30.7. The second-order valence-corrected chi connectivity index (χ2v) is 8.87. The van der Waals surface area contributed by atoms with E-state index >= 15 is 0 Å². The molecular weight excluding hydrogens is 448 g/mol. The van der Waals surface area contributed by atoms with Gasteiger partial charge in [0.05, 0.1) is 15.5 Å². The highest BCUT2D eigenvalue weighted by Crippen LogP contribution is 2.75. The van der Waals surface area contributed by atoms with Crippen molar-refractivity contribution in [1.29, 1.82) is 0 Å². The highest BCUT2D eigenvalue weighted by Gasteiger charge is 2.75. The van der Waals surface area contributed by atoms with Crippen molar-refractivity contribution in [2.24, 2.45) is 11.1 Å². The molecule has 2 N–H and O–H groups in total. The fraction of sp³-hybridized carbons (Fsp3) is 0.286. The average Bonchev–Trinajstić information content (AvgIpc) is 3.12. The van der Waals surface area contributed by atoms with Crippen LogP contribution in [-0.2, 0) is 10.2 Å². The number of carbonyl (C=O) groups excluding carboxylic acids is 1. The van der Waals surface area contributed by atoms with Crippen molar-refractivity contribution in [3.8, 4) is 17.6 Å². The second kappa shape index (κ2) is 7.10. The minimum atomic E-state index is -0.906. The SMILES string of the molecule is NC(=O)C(Oc1ccc(Cl)c(F)c1)C12CC(c3nnc(Oc4ccccc4Cl)o3)(C1)C2. The Kier molecular flexibility index (Phi) is 4.60. The second-order valence-electron chi connectivity index (χ2n) is 8.05. The maximum atomic E-state index is 13.7. The molecule has 0 spiro atoms. The summed E-state index contributed by atoms with van der Waals surface area (Å²) >= 11 is 11.8. The number of benzene rings is 2. The zero-order chi connectivity index (χ0) is 21.8. The van der Waals surface area contributed by atoms with Crippen molar-refractivity contribution in [3.63, 3.8) is 0 Å². The van der Waals surface area contributed by atoms with E-state index in [2.05, 4.69) is 10.2 Å². The van der Waals surface area contributed by atoms with Gasteiger partial charge in [-0.2, -0.15) is 0 Å². The van der Waals surface area contributed by atoms with E-state index in [0.29, 0.717) is 35.9 Å². The van der Waals surface area contributed by atoms with E-state index in [1.807, 2.05) is 0 Å². The molecular formula is C21H16Cl2FN3O4. The lowest BCUT2D eigenvalue weighted by Gasteiger charge is -2.69. The number of ether oxygens (including phenoxy) is 2. The number of rotatable bonds is 7. The lowest BCUT2D eigenvalue weighted by Crippen LogP contribution is -2.72. The number of primary amides is 1. The first-order valence-electron chi connectivity index (χ1n) is 9.48. The summed E-state index contributed by atoms with van der Waals surface area (Å²) in [5.74, 6) is -0.217. The smallest absolute Gasteiger partial charge is 0.420 e. The van der Waals surface area contributed by atoms with Crippen molar-refractivity contribution < 1.29 is 23.1 Å². The lowest BCUT2D eigenvalue weighted by atomic mass is 9.33. The van der Waals surface area contributed by atoms with Crippen LogP contribution in [0.15, 0.2) is 46.9 Å². The Morgan fingerprint density at radius 2 is 1.87 bits per heavy atom. The molecule has 0 saturated heterocycles. The fourth-order valence-corrected chi connectivity index (χ4v) is 4.92. The molecule has 7 nitrogen and oxygen atoms in total. The van der Waals surface area contributed by atoms with Crippen molar-refractivity contribution >= 4 is 29.1 Å². The topological polar surface area (TPSA) is 100 Å². The van der Waals surface area contributed by atoms with Crippen LogP contribution in [0.25, 0.3) is 0 Å². The van der Waals surface area contributed by atoms with E-state index in [1.54, 1.807) is 24.3 Å². The van der Waals surface area contributed by atoms with Crippen LogP contribution < -0.4 is 15.2 Å². The van der Waals surface area contributed by atoms with Gasteiger partial charge in [0.15, 0.2) is 11.9 Å². The summed E-state index contributed by atoms with van der Waals surface area (Å²) in [6.45, 7) is 0. The maximum absolute atomic E-state index is 13.7. The molecule has 3 fully saturated rings. The van der Waals surface area contributed by atoms with Crippen LogP contribution in [0, 0.1) is 11.2 Å². The standard InChI is InChI=1S/C21H16Cl2FN3O4/c22-12-6-5-11(7-14(12)24)29-16(17(25)28)20-8-21(9-20,10-20)18-26-27-19(31-18)30-15-4-2-1-3-13(15)23/h1-7,16H,8-10H2,(H2,25,28). The predicted molar refractivity (Wildman–Crippen MR) is 109 cm³/mol. The van der Waals surface area contributed by atoms with Crippen LogP contribution in [0.1, 0.15) is 25.2 Å². The molecule has 3 saturated carbocycles. The summed E-state index contributed by atoms with van der Waals surface area (Å²) in [6.07, 6.45) is 0.824. The van der Waals surface area contributed by atoms with Crippen molar-refractivity contribution in [3.05, 3.63) is 64.2 Å². The Bertz CT molecular complexity index is 1170. The minimum Gasteiger partial charge on any atom is -0.480 e. The number of carbonyl (C=O) groups is 1. The lowest BCUT2D eigenvalue weighted by molar-refractivity contribution is -0.208. The monoisotopic (exact) mass is 463 g/mol. The fourth-order valence-electron chi connectivity index (χ4n) is 4.63. The first-order valence-corrected chi connectivity index (χ1v) is 10.2. The molecule has 3 aliphatic carbocycles. The summed E-state index contributed by atoms with van der Waals surface area (Å²) in [7, 11) is 0. The molecule has 31 heavy (non-hydrogen) atoms.